The second-order valence-corrected chi connectivity index (χ2v) is 5.70. The van der Waals surface area contributed by atoms with Crippen LogP contribution in [0.5, 0.6) is 0 Å². The molecule has 0 spiro atoms. The van der Waals surface area contributed by atoms with Gasteiger partial charge in [-0.05, 0) is 40.4 Å². The summed E-state index contributed by atoms with van der Waals surface area (Å²) < 4.78 is 0.721. The third kappa shape index (κ3) is 4.35. The summed E-state index contributed by atoms with van der Waals surface area (Å²) in [4.78, 5) is 24.7. The lowest BCUT2D eigenvalue weighted by molar-refractivity contribution is -0.137. The summed E-state index contributed by atoms with van der Waals surface area (Å²) in [6, 6.07) is 5.39. The Morgan fingerprint density at radius 2 is 2.00 bits per heavy atom. The van der Waals surface area contributed by atoms with Gasteiger partial charge in [0.25, 0.3) is 5.91 Å². The third-order valence-corrected chi connectivity index (χ3v) is 3.67. The van der Waals surface area contributed by atoms with Gasteiger partial charge in [-0.15, -0.1) is 0 Å². The number of carboxylic acids is 1. The average molecular weight is 328 g/mol. The first kappa shape index (κ1) is 15.7. The Morgan fingerprint density at radius 3 is 2.53 bits per heavy atom. The van der Waals surface area contributed by atoms with E-state index in [0.29, 0.717) is 12.1 Å². The third-order valence-electron chi connectivity index (χ3n) is 2.62. The van der Waals surface area contributed by atoms with Gasteiger partial charge in [-0.3, -0.25) is 9.59 Å². The number of hydrogen-bond acceptors (Lipinski definition) is 2. The molecule has 0 aliphatic carbocycles. The van der Waals surface area contributed by atoms with Gasteiger partial charge in [0.05, 0.1) is 5.56 Å². The van der Waals surface area contributed by atoms with Crippen molar-refractivity contribution in [3.05, 3.63) is 33.8 Å². The van der Waals surface area contributed by atoms with Crippen molar-refractivity contribution in [3.8, 4) is 0 Å². The van der Waals surface area contributed by atoms with E-state index >= 15 is 0 Å². The molecule has 0 radical (unpaired) electrons. The predicted octanol–water partition coefficient (Wildman–Crippen LogP) is 2.94. The Morgan fingerprint density at radius 1 is 1.37 bits per heavy atom. The molecule has 1 N–H and O–H groups in total. The fourth-order valence-electron chi connectivity index (χ4n) is 1.81. The predicted molar refractivity (Wildman–Crippen MR) is 77.3 cm³/mol. The summed E-state index contributed by atoms with van der Waals surface area (Å²) in [5.41, 5.74) is 1.45. The first-order chi connectivity index (χ1) is 8.82. The van der Waals surface area contributed by atoms with E-state index in [1.165, 1.54) is 4.90 Å². The molecule has 0 fully saturated rings. The van der Waals surface area contributed by atoms with E-state index in [4.69, 9.17) is 5.11 Å². The molecular weight excluding hydrogens is 310 g/mol. The minimum absolute atomic E-state index is 0.215. The maximum absolute atomic E-state index is 12.4. The topological polar surface area (TPSA) is 57.6 Å². The van der Waals surface area contributed by atoms with Gasteiger partial charge in [0.2, 0.25) is 0 Å². The Bertz CT molecular complexity index is 486. The van der Waals surface area contributed by atoms with Gasteiger partial charge in [0.15, 0.2) is 0 Å². The first-order valence-electron chi connectivity index (χ1n) is 6.09. The number of aliphatic carboxylic acids is 1. The minimum Gasteiger partial charge on any atom is -0.480 e. The SMILES string of the molecule is Cc1cccc(C(=O)N(CC(=O)O)CC(C)C)c1Br. The van der Waals surface area contributed by atoms with Crippen molar-refractivity contribution in [2.24, 2.45) is 5.92 Å². The van der Waals surface area contributed by atoms with Gasteiger partial charge in [-0.25, -0.2) is 0 Å². The molecule has 0 saturated heterocycles. The molecule has 1 rings (SSSR count). The van der Waals surface area contributed by atoms with Crippen molar-refractivity contribution in [2.75, 3.05) is 13.1 Å². The highest BCUT2D eigenvalue weighted by Crippen LogP contribution is 2.22. The van der Waals surface area contributed by atoms with Crippen LogP contribution in [0, 0.1) is 12.8 Å². The number of halogens is 1. The van der Waals surface area contributed by atoms with Crippen molar-refractivity contribution in [2.45, 2.75) is 20.8 Å². The quantitative estimate of drug-likeness (QED) is 0.904. The number of hydrogen-bond donors (Lipinski definition) is 1. The monoisotopic (exact) mass is 327 g/mol. The molecule has 4 nitrogen and oxygen atoms in total. The zero-order chi connectivity index (χ0) is 14.6. The van der Waals surface area contributed by atoms with E-state index in [0.717, 1.165) is 10.0 Å². The Kier molecular flexibility index (Phi) is 5.54. The fourth-order valence-corrected chi connectivity index (χ4v) is 2.24. The number of amides is 1. The molecule has 104 valence electrons. The van der Waals surface area contributed by atoms with E-state index < -0.39 is 5.97 Å². The van der Waals surface area contributed by atoms with Crippen LogP contribution in [0.3, 0.4) is 0 Å². The van der Waals surface area contributed by atoms with Gasteiger partial charge in [0.1, 0.15) is 6.54 Å². The van der Waals surface area contributed by atoms with Crippen LogP contribution in [0.25, 0.3) is 0 Å². The molecule has 5 heteroatoms. The van der Waals surface area contributed by atoms with E-state index in [2.05, 4.69) is 15.9 Å². The van der Waals surface area contributed by atoms with E-state index in [9.17, 15) is 9.59 Å². The van der Waals surface area contributed by atoms with Crippen LogP contribution < -0.4 is 0 Å². The molecule has 1 aromatic carbocycles. The molecule has 0 atom stereocenters. The molecule has 0 aliphatic rings. The first-order valence-corrected chi connectivity index (χ1v) is 6.88. The van der Waals surface area contributed by atoms with Crippen molar-refractivity contribution >= 4 is 27.8 Å². The summed E-state index contributed by atoms with van der Waals surface area (Å²) in [7, 11) is 0. The normalized spacial score (nSPS) is 10.6. The molecule has 0 aliphatic heterocycles. The number of aryl methyl sites for hydroxylation is 1. The highest BCUT2D eigenvalue weighted by molar-refractivity contribution is 9.10. The highest BCUT2D eigenvalue weighted by atomic mass is 79.9. The van der Waals surface area contributed by atoms with Crippen LogP contribution in [0.1, 0.15) is 29.8 Å². The fraction of sp³-hybridized carbons (Fsp3) is 0.429. The summed E-state index contributed by atoms with van der Waals surface area (Å²) in [5.74, 6) is -1.05. The lowest BCUT2D eigenvalue weighted by atomic mass is 10.1. The van der Waals surface area contributed by atoms with Gasteiger partial charge >= 0.3 is 5.97 Å². The van der Waals surface area contributed by atoms with Crippen LogP contribution in [0.2, 0.25) is 0 Å². The summed E-state index contributed by atoms with van der Waals surface area (Å²) >= 11 is 3.39. The number of carboxylic acid groups (broad SMARTS) is 1. The molecule has 0 aromatic heterocycles. The average Bonchev–Trinajstić information content (AvgIpc) is 2.30. The smallest absolute Gasteiger partial charge is 0.323 e. The second-order valence-electron chi connectivity index (χ2n) is 4.91. The van der Waals surface area contributed by atoms with Crippen LogP contribution in [-0.4, -0.2) is 35.0 Å². The number of nitrogens with zero attached hydrogens (tertiary/aromatic N) is 1. The molecule has 19 heavy (non-hydrogen) atoms. The minimum atomic E-state index is -1.00. The zero-order valence-corrected chi connectivity index (χ0v) is 12.9. The van der Waals surface area contributed by atoms with Crippen molar-refractivity contribution in [3.63, 3.8) is 0 Å². The molecule has 0 bridgehead atoms. The number of benzene rings is 1. The van der Waals surface area contributed by atoms with Gasteiger partial charge in [0, 0.05) is 11.0 Å². The standard InChI is InChI=1S/C14H18BrNO3/c1-9(2)7-16(8-12(17)18)14(19)11-6-4-5-10(3)13(11)15/h4-6,9H,7-8H2,1-3H3,(H,17,18). The zero-order valence-electron chi connectivity index (χ0n) is 11.3. The molecular formula is C14H18BrNO3. The number of rotatable bonds is 5. The number of carbonyl (C=O) groups excluding carboxylic acids is 1. The summed E-state index contributed by atoms with van der Waals surface area (Å²) in [6.07, 6.45) is 0. The Labute approximate surface area is 121 Å². The van der Waals surface area contributed by atoms with Crippen LogP contribution in [0.4, 0.5) is 0 Å². The second kappa shape index (κ2) is 6.70. The highest BCUT2D eigenvalue weighted by Gasteiger charge is 2.21. The Balaban J connectivity index is 3.04. The molecule has 1 aromatic rings. The van der Waals surface area contributed by atoms with Gasteiger partial charge in [-0.1, -0.05) is 26.0 Å². The molecule has 0 heterocycles. The van der Waals surface area contributed by atoms with E-state index in [-0.39, 0.29) is 18.4 Å². The van der Waals surface area contributed by atoms with Crippen LogP contribution in [-0.2, 0) is 4.79 Å². The summed E-state index contributed by atoms with van der Waals surface area (Å²) in [5, 5.41) is 8.91. The van der Waals surface area contributed by atoms with E-state index in [1.807, 2.05) is 26.8 Å². The molecule has 0 saturated carbocycles. The van der Waals surface area contributed by atoms with Crippen LogP contribution >= 0.6 is 15.9 Å². The van der Waals surface area contributed by atoms with Crippen molar-refractivity contribution in [1.29, 1.82) is 0 Å². The van der Waals surface area contributed by atoms with Crippen molar-refractivity contribution in [1.82, 2.24) is 4.90 Å². The lowest BCUT2D eigenvalue weighted by Crippen LogP contribution is -2.38. The lowest BCUT2D eigenvalue weighted by Gasteiger charge is -2.23. The Hall–Kier alpha value is -1.36. The number of carbonyl (C=O) groups is 2. The maximum Gasteiger partial charge on any atom is 0.323 e. The van der Waals surface area contributed by atoms with Gasteiger partial charge in [-0.2, -0.15) is 0 Å². The summed E-state index contributed by atoms with van der Waals surface area (Å²) in [6.45, 7) is 5.94. The van der Waals surface area contributed by atoms with Gasteiger partial charge < -0.3 is 10.0 Å². The van der Waals surface area contributed by atoms with E-state index in [1.54, 1.807) is 12.1 Å². The van der Waals surface area contributed by atoms with Crippen molar-refractivity contribution < 1.29 is 14.7 Å². The molecule has 0 unspecified atom stereocenters. The largest absolute Gasteiger partial charge is 0.480 e. The molecule has 1 amide bonds. The van der Waals surface area contributed by atoms with Crippen LogP contribution in [0.15, 0.2) is 22.7 Å². The maximum atomic E-state index is 12.4.